The van der Waals surface area contributed by atoms with Gasteiger partial charge in [-0.2, -0.15) is 0 Å². The molecule has 0 rings (SSSR count). The second kappa shape index (κ2) is 29.5. The maximum Gasteiger partial charge on any atom is 0.237 e. The van der Waals surface area contributed by atoms with Gasteiger partial charge in [0.15, 0.2) is 0 Å². The zero-order valence-electron chi connectivity index (χ0n) is 25.1. The summed E-state index contributed by atoms with van der Waals surface area (Å²) in [6.07, 6.45) is 31.4. The van der Waals surface area contributed by atoms with Gasteiger partial charge in [0.05, 0.1) is 12.5 Å². The van der Waals surface area contributed by atoms with E-state index in [-0.39, 0.29) is 18.2 Å². The van der Waals surface area contributed by atoms with Crippen molar-refractivity contribution < 1.29 is 9.59 Å². The minimum absolute atomic E-state index is 0.0719. The van der Waals surface area contributed by atoms with Gasteiger partial charge in [0.25, 0.3) is 0 Å². The van der Waals surface area contributed by atoms with Gasteiger partial charge in [-0.3, -0.25) is 9.59 Å². The van der Waals surface area contributed by atoms with E-state index in [9.17, 15) is 9.59 Å². The van der Waals surface area contributed by atoms with Crippen molar-refractivity contribution in [1.29, 1.82) is 0 Å². The fourth-order valence-corrected chi connectivity index (χ4v) is 4.87. The van der Waals surface area contributed by atoms with Crippen molar-refractivity contribution in [2.75, 3.05) is 13.1 Å². The summed E-state index contributed by atoms with van der Waals surface area (Å²) >= 11 is 0. The summed E-state index contributed by atoms with van der Waals surface area (Å²) in [5.74, 6) is -0.321. The molecule has 0 saturated carbocycles. The maximum atomic E-state index is 12.1. The molecule has 4 N–H and O–H groups in total. The van der Waals surface area contributed by atoms with E-state index < -0.39 is 6.04 Å². The first-order valence-electron chi connectivity index (χ1n) is 16.4. The Morgan fingerprint density at radius 1 is 0.486 bits per heavy atom. The molecule has 0 aliphatic carbocycles. The zero-order chi connectivity index (χ0) is 27.2. The van der Waals surface area contributed by atoms with Gasteiger partial charge in [0.1, 0.15) is 0 Å². The monoisotopic (exact) mass is 524 g/mol. The molecule has 0 heterocycles. The molecule has 37 heavy (non-hydrogen) atoms. The lowest BCUT2D eigenvalue weighted by Gasteiger charge is -2.12. The van der Waals surface area contributed by atoms with Crippen molar-refractivity contribution in [2.45, 2.75) is 180 Å². The first-order chi connectivity index (χ1) is 18.1. The first-order valence-corrected chi connectivity index (χ1v) is 16.4. The van der Waals surface area contributed by atoms with E-state index in [2.05, 4.69) is 24.5 Å². The fourth-order valence-electron chi connectivity index (χ4n) is 4.87. The number of amides is 2. The Hall–Kier alpha value is -1.10. The largest absolute Gasteiger partial charge is 0.356 e. The molecular weight excluding hydrogens is 458 g/mol. The molecule has 0 aromatic rings. The molecule has 0 radical (unpaired) electrons. The van der Waals surface area contributed by atoms with Crippen LogP contribution in [0, 0.1) is 0 Å². The summed E-state index contributed by atoms with van der Waals surface area (Å²) in [4.78, 5) is 24.2. The van der Waals surface area contributed by atoms with E-state index in [1.807, 2.05) is 0 Å². The van der Waals surface area contributed by atoms with E-state index in [1.165, 1.54) is 128 Å². The van der Waals surface area contributed by atoms with E-state index >= 15 is 0 Å². The lowest BCUT2D eigenvalue weighted by atomic mass is 10.0. The molecule has 0 aromatic carbocycles. The van der Waals surface area contributed by atoms with Crippen molar-refractivity contribution in [3.05, 3.63) is 0 Å². The number of carbonyl (C=O) groups is 2. The quantitative estimate of drug-likeness (QED) is 0.0861. The van der Waals surface area contributed by atoms with Crippen LogP contribution in [-0.4, -0.2) is 30.9 Å². The standard InChI is InChI=1S/C32H65N3O2/c1-3-5-7-9-11-13-15-16-17-18-20-21-23-25-27-34-31(36)29-30(33)32(37)35-28-26-24-22-19-14-12-10-8-6-4-2/h30H,3-29,33H2,1-2H3,(H,34,36)(H,35,37)/t30-/m0/s1. The molecule has 220 valence electrons. The molecule has 0 saturated heterocycles. The molecule has 1 atom stereocenters. The smallest absolute Gasteiger partial charge is 0.237 e. The van der Waals surface area contributed by atoms with Crippen molar-refractivity contribution in [3.8, 4) is 0 Å². The highest BCUT2D eigenvalue weighted by atomic mass is 16.2. The van der Waals surface area contributed by atoms with Crippen LogP contribution in [0.4, 0.5) is 0 Å². The maximum absolute atomic E-state index is 12.1. The Labute approximate surface area is 231 Å². The van der Waals surface area contributed by atoms with Gasteiger partial charge in [0.2, 0.25) is 11.8 Å². The van der Waals surface area contributed by atoms with E-state index in [4.69, 9.17) is 5.73 Å². The molecule has 5 nitrogen and oxygen atoms in total. The number of unbranched alkanes of at least 4 members (excludes halogenated alkanes) is 22. The predicted octanol–water partition coefficient (Wildman–Crippen LogP) is 8.34. The normalized spacial score (nSPS) is 12.0. The van der Waals surface area contributed by atoms with Gasteiger partial charge < -0.3 is 16.4 Å². The summed E-state index contributed by atoms with van der Waals surface area (Å²) < 4.78 is 0. The molecule has 0 unspecified atom stereocenters. The van der Waals surface area contributed by atoms with Crippen molar-refractivity contribution in [2.24, 2.45) is 5.73 Å². The van der Waals surface area contributed by atoms with Crippen LogP contribution in [0.5, 0.6) is 0 Å². The van der Waals surface area contributed by atoms with Crippen LogP contribution in [0.2, 0.25) is 0 Å². The summed E-state index contributed by atoms with van der Waals surface area (Å²) in [5.41, 5.74) is 5.93. The molecule has 0 aromatic heterocycles. The number of hydrogen-bond acceptors (Lipinski definition) is 3. The van der Waals surface area contributed by atoms with Crippen LogP contribution in [0.25, 0.3) is 0 Å². The zero-order valence-corrected chi connectivity index (χ0v) is 25.1. The molecule has 5 heteroatoms. The van der Waals surface area contributed by atoms with Crippen LogP contribution in [0.3, 0.4) is 0 Å². The second-order valence-corrected chi connectivity index (χ2v) is 11.2. The lowest BCUT2D eigenvalue weighted by Crippen LogP contribution is -2.44. The molecule has 0 bridgehead atoms. The lowest BCUT2D eigenvalue weighted by molar-refractivity contribution is -0.127. The average molecular weight is 524 g/mol. The predicted molar refractivity (Wildman–Crippen MR) is 161 cm³/mol. The van der Waals surface area contributed by atoms with Crippen LogP contribution < -0.4 is 16.4 Å². The Kier molecular flexibility index (Phi) is 28.6. The minimum atomic E-state index is -0.750. The Balaban J connectivity index is 3.42. The third-order valence-electron chi connectivity index (χ3n) is 7.42. The highest BCUT2D eigenvalue weighted by Gasteiger charge is 2.16. The number of hydrogen-bond donors (Lipinski definition) is 3. The van der Waals surface area contributed by atoms with E-state index in [0.717, 1.165) is 25.7 Å². The summed E-state index contributed by atoms with van der Waals surface area (Å²) in [6.45, 7) is 5.87. The van der Waals surface area contributed by atoms with Crippen LogP contribution in [0.1, 0.15) is 174 Å². The summed E-state index contributed by atoms with van der Waals surface area (Å²) in [7, 11) is 0. The highest BCUT2D eigenvalue weighted by Crippen LogP contribution is 2.13. The number of rotatable bonds is 29. The first kappa shape index (κ1) is 35.9. The molecular formula is C32H65N3O2. The van der Waals surface area contributed by atoms with Gasteiger partial charge in [0, 0.05) is 13.1 Å². The summed E-state index contributed by atoms with van der Waals surface area (Å²) in [6, 6.07) is -0.750. The van der Waals surface area contributed by atoms with Crippen molar-refractivity contribution in [3.63, 3.8) is 0 Å². The van der Waals surface area contributed by atoms with Gasteiger partial charge in [-0.15, -0.1) is 0 Å². The average Bonchev–Trinajstić information content (AvgIpc) is 2.89. The Bertz CT molecular complexity index is 498. The van der Waals surface area contributed by atoms with Gasteiger partial charge in [-0.05, 0) is 12.8 Å². The molecule has 0 aliphatic heterocycles. The number of nitrogens with one attached hydrogen (secondary N) is 2. The topological polar surface area (TPSA) is 84.2 Å². The SMILES string of the molecule is CCCCCCCCCCCCCCCCNC(=O)C[C@H](N)C(=O)NCCCCCCCCCCCC. The van der Waals surface area contributed by atoms with Crippen LogP contribution in [0.15, 0.2) is 0 Å². The third kappa shape index (κ3) is 27.7. The molecule has 0 spiro atoms. The molecule has 2 amide bonds. The van der Waals surface area contributed by atoms with Gasteiger partial charge in [-0.1, -0.05) is 155 Å². The third-order valence-corrected chi connectivity index (χ3v) is 7.42. The molecule has 0 aliphatic rings. The molecule has 0 fully saturated rings. The van der Waals surface area contributed by atoms with E-state index in [1.54, 1.807) is 0 Å². The van der Waals surface area contributed by atoms with Crippen LogP contribution >= 0.6 is 0 Å². The van der Waals surface area contributed by atoms with E-state index in [0.29, 0.717) is 13.1 Å². The van der Waals surface area contributed by atoms with Crippen molar-refractivity contribution >= 4 is 11.8 Å². The van der Waals surface area contributed by atoms with Crippen LogP contribution in [-0.2, 0) is 9.59 Å². The fraction of sp³-hybridized carbons (Fsp3) is 0.938. The van der Waals surface area contributed by atoms with Gasteiger partial charge in [-0.25, -0.2) is 0 Å². The highest BCUT2D eigenvalue weighted by molar-refractivity contribution is 5.88. The minimum Gasteiger partial charge on any atom is -0.356 e. The number of carbonyl (C=O) groups excluding carboxylic acids is 2. The number of nitrogens with two attached hydrogens (primary N) is 1. The second-order valence-electron chi connectivity index (χ2n) is 11.2. The Morgan fingerprint density at radius 3 is 1.14 bits per heavy atom. The van der Waals surface area contributed by atoms with Crippen molar-refractivity contribution in [1.82, 2.24) is 10.6 Å². The van der Waals surface area contributed by atoms with Gasteiger partial charge >= 0.3 is 0 Å². The Morgan fingerprint density at radius 2 is 0.784 bits per heavy atom. The summed E-state index contributed by atoms with van der Waals surface area (Å²) in [5, 5.41) is 5.82.